The molecule has 7 nitrogen and oxygen atoms in total. The summed E-state index contributed by atoms with van der Waals surface area (Å²) in [5.41, 5.74) is 2.77. The lowest BCUT2D eigenvalue weighted by Crippen LogP contribution is -2.50. The summed E-state index contributed by atoms with van der Waals surface area (Å²) < 4.78 is 0. The van der Waals surface area contributed by atoms with Crippen LogP contribution in [-0.4, -0.2) is 45.8 Å². The molecular formula is C22H22ClN7. The number of para-hydroxylation sites is 1. The monoisotopic (exact) mass is 419 g/mol. The number of aromatic nitrogens is 4. The van der Waals surface area contributed by atoms with E-state index in [0.29, 0.717) is 16.9 Å². The third kappa shape index (κ3) is 3.69. The Morgan fingerprint density at radius 1 is 1.10 bits per heavy atom. The van der Waals surface area contributed by atoms with Crippen molar-refractivity contribution in [1.82, 2.24) is 25.5 Å². The zero-order chi connectivity index (χ0) is 20.5. The summed E-state index contributed by atoms with van der Waals surface area (Å²) in [4.78, 5) is 11.9. The van der Waals surface area contributed by atoms with E-state index >= 15 is 0 Å². The molecule has 0 unspecified atom stereocenters. The van der Waals surface area contributed by atoms with Crippen molar-refractivity contribution in [3.63, 3.8) is 0 Å². The van der Waals surface area contributed by atoms with Crippen LogP contribution < -0.4 is 15.5 Å². The van der Waals surface area contributed by atoms with Crippen molar-refractivity contribution in [2.45, 2.75) is 13.0 Å². The minimum absolute atomic E-state index is 0.326. The molecule has 0 saturated carbocycles. The van der Waals surface area contributed by atoms with Crippen LogP contribution in [0.1, 0.15) is 6.92 Å². The molecule has 0 bridgehead atoms. The number of aromatic amines is 1. The van der Waals surface area contributed by atoms with Gasteiger partial charge in [-0.15, -0.1) is 0 Å². The van der Waals surface area contributed by atoms with Crippen LogP contribution in [0.25, 0.3) is 22.2 Å². The number of piperazine rings is 1. The van der Waals surface area contributed by atoms with Crippen molar-refractivity contribution in [2.75, 3.05) is 29.9 Å². The Morgan fingerprint density at radius 2 is 2.00 bits per heavy atom. The maximum Gasteiger partial charge on any atom is 0.228 e. The van der Waals surface area contributed by atoms with E-state index in [0.717, 1.165) is 53.6 Å². The number of nitrogens with one attached hydrogen (secondary N) is 3. The van der Waals surface area contributed by atoms with Crippen LogP contribution in [0.3, 0.4) is 0 Å². The number of halogens is 1. The summed E-state index contributed by atoms with van der Waals surface area (Å²) in [5, 5.41) is 15.9. The molecule has 1 saturated heterocycles. The molecule has 4 aromatic rings. The highest BCUT2D eigenvalue weighted by molar-refractivity contribution is 6.30. The van der Waals surface area contributed by atoms with Gasteiger partial charge in [0.05, 0.1) is 11.2 Å². The number of nitrogens with zero attached hydrogens (tertiary/aromatic N) is 4. The number of H-pyrrole nitrogens is 1. The first-order valence-electron chi connectivity index (χ1n) is 10.00. The van der Waals surface area contributed by atoms with Crippen molar-refractivity contribution >= 4 is 40.1 Å². The molecule has 1 atom stereocenters. The predicted octanol–water partition coefficient (Wildman–Crippen LogP) is 4.22. The average Bonchev–Trinajstić information content (AvgIpc) is 3.23. The lowest BCUT2D eigenvalue weighted by molar-refractivity contribution is 0.493. The molecule has 8 heteroatoms. The topological polar surface area (TPSA) is 81.8 Å². The van der Waals surface area contributed by atoms with E-state index in [1.807, 2.05) is 54.6 Å². The Balaban J connectivity index is 1.51. The Hall–Kier alpha value is -3.16. The van der Waals surface area contributed by atoms with Gasteiger partial charge in [0, 0.05) is 47.7 Å². The Morgan fingerprint density at radius 3 is 2.87 bits per heavy atom. The highest BCUT2D eigenvalue weighted by Gasteiger charge is 2.22. The number of fused-ring (bicyclic) bond motifs is 1. The summed E-state index contributed by atoms with van der Waals surface area (Å²) in [6.07, 6.45) is 0. The molecule has 1 aliphatic heterocycles. The molecule has 1 fully saturated rings. The molecule has 0 radical (unpaired) electrons. The first kappa shape index (κ1) is 18.8. The van der Waals surface area contributed by atoms with Crippen molar-refractivity contribution < 1.29 is 0 Å². The highest BCUT2D eigenvalue weighted by atomic mass is 35.5. The summed E-state index contributed by atoms with van der Waals surface area (Å²) in [7, 11) is 0. The van der Waals surface area contributed by atoms with Gasteiger partial charge in [0.15, 0.2) is 5.82 Å². The smallest absolute Gasteiger partial charge is 0.228 e. The van der Waals surface area contributed by atoms with E-state index in [1.165, 1.54) is 0 Å². The van der Waals surface area contributed by atoms with Crippen molar-refractivity contribution in [3.05, 3.63) is 59.6 Å². The molecule has 1 aliphatic rings. The van der Waals surface area contributed by atoms with Gasteiger partial charge in [-0.2, -0.15) is 10.1 Å². The van der Waals surface area contributed by atoms with Gasteiger partial charge in [0.1, 0.15) is 5.82 Å². The van der Waals surface area contributed by atoms with Crippen molar-refractivity contribution in [1.29, 1.82) is 0 Å². The summed E-state index contributed by atoms with van der Waals surface area (Å²) in [6, 6.07) is 18.0. The normalized spacial score (nSPS) is 16.7. The maximum absolute atomic E-state index is 6.12. The van der Waals surface area contributed by atoms with Gasteiger partial charge < -0.3 is 15.5 Å². The van der Waals surface area contributed by atoms with E-state index in [4.69, 9.17) is 21.6 Å². The van der Waals surface area contributed by atoms with Crippen LogP contribution in [0.15, 0.2) is 54.6 Å². The zero-order valence-electron chi connectivity index (χ0n) is 16.6. The fourth-order valence-electron chi connectivity index (χ4n) is 3.74. The van der Waals surface area contributed by atoms with Gasteiger partial charge in [0.2, 0.25) is 5.95 Å². The SMILES string of the molecule is C[C@@H]1CNCCN1c1nc(Nc2cc(-c3cccc(Cl)c3)[nH]n2)c2ccccc2n1. The molecule has 152 valence electrons. The van der Waals surface area contributed by atoms with E-state index in [2.05, 4.69) is 32.7 Å². The minimum atomic E-state index is 0.326. The summed E-state index contributed by atoms with van der Waals surface area (Å²) in [5.74, 6) is 2.16. The van der Waals surface area contributed by atoms with E-state index in [1.54, 1.807) is 0 Å². The lowest BCUT2D eigenvalue weighted by Gasteiger charge is -2.34. The van der Waals surface area contributed by atoms with Crippen LogP contribution in [0.2, 0.25) is 5.02 Å². The van der Waals surface area contributed by atoms with Crippen LogP contribution in [0.4, 0.5) is 17.6 Å². The third-order valence-electron chi connectivity index (χ3n) is 5.31. The fraction of sp³-hybridized carbons (Fsp3) is 0.227. The molecule has 3 N–H and O–H groups in total. The standard InChI is InChI=1S/C22H22ClN7/c1-14-13-24-9-10-30(14)22-25-18-8-3-2-7-17(18)21(27-22)26-20-12-19(28-29-20)15-5-4-6-16(23)11-15/h2-8,11-12,14,24H,9-10,13H2,1H3,(H2,25,26,27,28,29)/t14-/m1/s1. The molecule has 30 heavy (non-hydrogen) atoms. The fourth-order valence-corrected chi connectivity index (χ4v) is 3.93. The number of benzene rings is 2. The molecule has 0 spiro atoms. The Labute approximate surface area is 179 Å². The quantitative estimate of drug-likeness (QED) is 0.459. The van der Waals surface area contributed by atoms with Gasteiger partial charge in [-0.05, 0) is 31.2 Å². The Kier molecular flexibility index (Phi) is 4.98. The highest BCUT2D eigenvalue weighted by Crippen LogP contribution is 2.28. The third-order valence-corrected chi connectivity index (χ3v) is 5.54. The second-order valence-electron chi connectivity index (χ2n) is 7.44. The maximum atomic E-state index is 6.12. The largest absolute Gasteiger partial charge is 0.335 e. The van der Waals surface area contributed by atoms with E-state index in [9.17, 15) is 0 Å². The van der Waals surface area contributed by atoms with Crippen LogP contribution in [0.5, 0.6) is 0 Å². The average molecular weight is 420 g/mol. The van der Waals surface area contributed by atoms with Gasteiger partial charge in [-0.25, -0.2) is 4.98 Å². The second kappa shape index (κ2) is 7.93. The van der Waals surface area contributed by atoms with Gasteiger partial charge in [-0.3, -0.25) is 5.10 Å². The number of hydrogen-bond acceptors (Lipinski definition) is 6. The van der Waals surface area contributed by atoms with Crippen molar-refractivity contribution in [3.8, 4) is 11.3 Å². The number of anilines is 3. The van der Waals surface area contributed by atoms with Gasteiger partial charge in [0.25, 0.3) is 0 Å². The van der Waals surface area contributed by atoms with Crippen molar-refractivity contribution in [2.24, 2.45) is 0 Å². The molecule has 3 heterocycles. The first-order chi connectivity index (χ1) is 14.7. The number of rotatable bonds is 4. The Bertz CT molecular complexity index is 1190. The van der Waals surface area contributed by atoms with Gasteiger partial charge in [-0.1, -0.05) is 35.9 Å². The molecule has 2 aromatic heterocycles. The second-order valence-corrected chi connectivity index (χ2v) is 7.87. The summed E-state index contributed by atoms with van der Waals surface area (Å²) in [6.45, 7) is 4.90. The predicted molar refractivity (Wildman–Crippen MR) is 122 cm³/mol. The minimum Gasteiger partial charge on any atom is -0.335 e. The molecule has 0 amide bonds. The van der Waals surface area contributed by atoms with E-state index < -0.39 is 0 Å². The first-order valence-corrected chi connectivity index (χ1v) is 10.4. The van der Waals surface area contributed by atoms with E-state index in [-0.39, 0.29) is 0 Å². The molecule has 2 aromatic carbocycles. The van der Waals surface area contributed by atoms with Crippen LogP contribution in [-0.2, 0) is 0 Å². The molecule has 0 aliphatic carbocycles. The molecule has 5 rings (SSSR count). The molecular weight excluding hydrogens is 398 g/mol. The summed E-state index contributed by atoms with van der Waals surface area (Å²) >= 11 is 6.12. The van der Waals surface area contributed by atoms with Crippen LogP contribution in [0, 0.1) is 0 Å². The number of hydrogen-bond donors (Lipinski definition) is 3. The zero-order valence-corrected chi connectivity index (χ0v) is 17.3. The van der Waals surface area contributed by atoms with Crippen LogP contribution >= 0.6 is 11.6 Å². The van der Waals surface area contributed by atoms with Gasteiger partial charge >= 0.3 is 0 Å². The lowest BCUT2D eigenvalue weighted by atomic mass is 10.1.